The fraction of sp³-hybridized carbons (Fsp3) is 0.267. The van der Waals surface area contributed by atoms with E-state index in [1.165, 1.54) is 6.92 Å². The monoisotopic (exact) mass is 496 g/mol. The van der Waals surface area contributed by atoms with Crippen molar-refractivity contribution in [2.24, 2.45) is 0 Å². The van der Waals surface area contributed by atoms with Gasteiger partial charge in [0, 0.05) is 23.4 Å². The highest BCUT2D eigenvalue weighted by atomic mass is 16.5. The number of hydrogen-bond acceptors (Lipinski definition) is 6. The third-order valence-corrected chi connectivity index (χ3v) is 6.30. The number of carbonyl (C=O) groups is 2. The molecule has 2 aromatic carbocycles. The third kappa shape index (κ3) is 6.50. The summed E-state index contributed by atoms with van der Waals surface area (Å²) < 4.78 is 5.53. The first-order chi connectivity index (χ1) is 17.7. The minimum atomic E-state index is -0.614. The molecule has 37 heavy (non-hydrogen) atoms. The predicted molar refractivity (Wildman–Crippen MR) is 145 cm³/mol. The Morgan fingerprint density at radius 1 is 0.919 bits per heavy atom. The zero-order chi connectivity index (χ0) is 26.5. The number of hydrogen-bond donors (Lipinski definition) is 2. The van der Waals surface area contributed by atoms with E-state index in [9.17, 15) is 9.59 Å². The van der Waals surface area contributed by atoms with Gasteiger partial charge in [0.1, 0.15) is 11.5 Å². The molecule has 4 rings (SSSR count). The van der Waals surface area contributed by atoms with E-state index >= 15 is 0 Å². The second kappa shape index (κ2) is 11.2. The first-order valence-corrected chi connectivity index (χ1v) is 12.3. The van der Waals surface area contributed by atoms with Gasteiger partial charge < -0.3 is 15.2 Å². The molecular formula is C30H32N4O3. The molecule has 0 fully saturated rings. The summed E-state index contributed by atoms with van der Waals surface area (Å²) in [5, 5.41) is 10.3. The molecule has 2 heterocycles. The quantitative estimate of drug-likeness (QED) is 0.317. The second-order valence-corrected chi connectivity index (χ2v) is 9.57. The first kappa shape index (κ1) is 25.8. The summed E-state index contributed by atoms with van der Waals surface area (Å²) in [5.41, 5.74) is 7.25. The van der Waals surface area contributed by atoms with Gasteiger partial charge in [-0.1, -0.05) is 47.1 Å². The Kier molecular flexibility index (Phi) is 7.82. The lowest BCUT2D eigenvalue weighted by Crippen LogP contribution is -2.41. The summed E-state index contributed by atoms with van der Waals surface area (Å²) in [7, 11) is 0. The van der Waals surface area contributed by atoms with Crippen LogP contribution in [-0.2, 0) is 17.8 Å². The Labute approximate surface area is 217 Å². The smallest absolute Gasteiger partial charge is 0.252 e. The standard InChI is InChI=1S/C30H32N4O3/c1-18-10-11-31-28(14-18)32-17-25-16-27(37-34-25)24-8-6-23(7-9-24)15-26(22(5)35)33-30(36)29-20(3)12-19(2)13-21(29)4/h6-14,16,26H,15,17H2,1-5H3,(H,31,32)(H,33,36)/t26-/m0/s1. The van der Waals surface area contributed by atoms with Crippen molar-refractivity contribution in [2.45, 2.75) is 53.6 Å². The third-order valence-electron chi connectivity index (χ3n) is 6.30. The van der Waals surface area contributed by atoms with Gasteiger partial charge in [-0.15, -0.1) is 0 Å². The summed E-state index contributed by atoms with van der Waals surface area (Å²) in [6.07, 6.45) is 2.17. The largest absolute Gasteiger partial charge is 0.364 e. The Morgan fingerprint density at radius 3 is 2.27 bits per heavy atom. The van der Waals surface area contributed by atoms with Crippen LogP contribution in [0.1, 0.15) is 50.8 Å². The number of aromatic nitrogens is 2. The minimum absolute atomic E-state index is 0.0877. The first-order valence-electron chi connectivity index (χ1n) is 12.3. The van der Waals surface area contributed by atoms with Gasteiger partial charge in [0.05, 0.1) is 12.6 Å². The molecule has 0 radical (unpaired) electrons. The lowest BCUT2D eigenvalue weighted by molar-refractivity contribution is -0.118. The molecule has 0 aliphatic heterocycles. The van der Waals surface area contributed by atoms with Gasteiger partial charge in [0.25, 0.3) is 5.91 Å². The zero-order valence-corrected chi connectivity index (χ0v) is 21.9. The Bertz CT molecular complexity index is 1400. The molecule has 0 saturated carbocycles. The van der Waals surface area contributed by atoms with Crippen LogP contribution >= 0.6 is 0 Å². The lowest BCUT2D eigenvalue weighted by Gasteiger charge is -2.18. The Balaban J connectivity index is 1.40. The molecule has 0 unspecified atom stereocenters. The fourth-order valence-electron chi connectivity index (χ4n) is 4.45. The highest BCUT2D eigenvalue weighted by Gasteiger charge is 2.21. The van der Waals surface area contributed by atoms with Crippen molar-refractivity contribution in [1.82, 2.24) is 15.5 Å². The predicted octanol–water partition coefficient (Wildman–Crippen LogP) is 5.51. The van der Waals surface area contributed by atoms with Crippen LogP contribution in [0.4, 0.5) is 5.82 Å². The fourth-order valence-corrected chi connectivity index (χ4v) is 4.45. The summed E-state index contributed by atoms with van der Waals surface area (Å²) in [5.74, 6) is 1.13. The average molecular weight is 497 g/mol. The summed E-state index contributed by atoms with van der Waals surface area (Å²) in [6.45, 7) is 9.86. The van der Waals surface area contributed by atoms with Gasteiger partial charge in [0.2, 0.25) is 0 Å². The molecule has 190 valence electrons. The number of anilines is 1. The highest BCUT2D eigenvalue weighted by molar-refractivity contribution is 6.00. The average Bonchev–Trinajstić information content (AvgIpc) is 3.31. The molecule has 0 saturated heterocycles. The number of nitrogens with zero attached hydrogens (tertiary/aromatic N) is 2. The number of nitrogens with one attached hydrogen (secondary N) is 2. The second-order valence-electron chi connectivity index (χ2n) is 9.57. The van der Waals surface area contributed by atoms with E-state index < -0.39 is 6.04 Å². The SMILES string of the molecule is CC(=O)[C@H](Cc1ccc(-c2cc(CNc3cc(C)ccn3)no2)cc1)NC(=O)c1c(C)cc(C)cc1C. The molecule has 7 heteroatoms. The number of amides is 1. The van der Waals surface area contributed by atoms with Gasteiger partial charge in [-0.05, 0) is 75.4 Å². The van der Waals surface area contributed by atoms with Gasteiger partial charge in [-0.25, -0.2) is 4.98 Å². The van der Waals surface area contributed by atoms with Crippen LogP contribution in [0.3, 0.4) is 0 Å². The maximum absolute atomic E-state index is 13.0. The topological polar surface area (TPSA) is 97.1 Å². The van der Waals surface area contributed by atoms with Crippen LogP contribution in [-0.4, -0.2) is 27.9 Å². The maximum atomic E-state index is 13.0. The van der Waals surface area contributed by atoms with E-state index in [0.717, 1.165) is 44.9 Å². The van der Waals surface area contributed by atoms with Crippen LogP contribution in [0.25, 0.3) is 11.3 Å². The van der Waals surface area contributed by atoms with Crippen LogP contribution in [0.2, 0.25) is 0 Å². The van der Waals surface area contributed by atoms with Crippen molar-refractivity contribution < 1.29 is 14.1 Å². The van der Waals surface area contributed by atoms with E-state index in [1.807, 2.05) is 82.3 Å². The number of rotatable bonds is 9. The van der Waals surface area contributed by atoms with Gasteiger partial charge in [0.15, 0.2) is 11.5 Å². The normalized spacial score (nSPS) is 11.7. The van der Waals surface area contributed by atoms with Crippen LogP contribution in [0, 0.1) is 27.7 Å². The molecule has 0 bridgehead atoms. The van der Waals surface area contributed by atoms with Crippen molar-refractivity contribution in [3.63, 3.8) is 0 Å². The van der Waals surface area contributed by atoms with E-state index in [2.05, 4.69) is 20.8 Å². The molecule has 0 spiro atoms. The molecule has 4 aromatic rings. The van der Waals surface area contributed by atoms with Crippen molar-refractivity contribution in [2.75, 3.05) is 5.32 Å². The Morgan fingerprint density at radius 2 is 1.62 bits per heavy atom. The number of Topliss-reactive ketones (excluding diaryl/α,β-unsaturated/α-hetero) is 1. The lowest BCUT2D eigenvalue weighted by atomic mass is 9.97. The molecule has 2 N–H and O–H groups in total. The maximum Gasteiger partial charge on any atom is 0.252 e. The van der Waals surface area contributed by atoms with Crippen molar-refractivity contribution >= 4 is 17.5 Å². The Hall–Kier alpha value is -4.26. The number of pyridine rings is 1. The number of ketones is 1. The molecule has 1 atom stereocenters. The van der Waals surface area contributed by atoms with Crippen LogP contribution in [0.5, 0.6) is 0 Å². The molecule has 7 nitrogen and oxygen atoms in total. The van der Waals surface area contributed by atoms with Crippen LogP contribution in [0.15, 0.2) is 65.3 Å². The van der Waals surface area contributed by atoms with Crippen molar-refractivity contribution in [1.29, 1.82) is 0 Å². The summed E-state index contributed by atoms with van der Waals surface area (Å²) in [6, 6.07) is 16.9. The molecule has 2 aromatic heterocycles. The summed E-state index contributed by atoms with van der Waals surface area (Å²) in [4.78, 5) is 29.7. The summed E-state index contributed by atoms with van der Waals surface area (Å²) >= 11 is 0. The van der Waals surface area contributed by atoms with E-state index in [1.54, 1.807) is 6.20 Å². The highest BCUT2D eigenvalue weighted by Crippen LogP contribution is 2.22. The van der Waals surface area contributed by atoms with Crippen molar-refractivity contribution in [3.8, 4) is 11.3 Å². The van der Waals surface area contributed by atoms with E-state index in [4.69, 9.17) is 4.52 Å². The number of aryl methyl sites for hydroxylation is 4. The number of carbonyl (C=O) groups excluding carboxylic acids is 2. The van der Waals surface area contributed by atoms with Gasteiger partial charge >= 0.3 is 0 Å². The molecular weight excluding hydrogens is 464 g/mol. The van der Waals surface area contributed by atoms with Crippen molar-refractivity contribution in [3.05, 3.63) is 99.9 Å². The molecule has 1 amide bonds. The van der Waals surface area contributed by atoms with E-state index in [-0.39, 0.29) is 11.7 Å². The van der Waals surface area contributed by atoms with Gasteiger partial charge in [-0.2, -0.15) is 0 Å². The molecule has 0 aliphatic rings. The van der Waals surface area contributed by atoms with Crippen LogP contribution < -0.4 is 10.6 Å². The number of benzene rings is 2. The molecule has 0 aliphatic carbocycles. The van der Waals surface area contributed by atoms with E-state index in [0.29, 0.717) is 24.3 Å². The minimum Gasteiger partial charge on any atom is -0.364 e. The van der Waals surface area contributed by atoms with Gasteiger partial charge in [-0.3, -0.25) is 9.59 Å². The zero-order valence-electron chi connectivity index (χ0n) is 21.9.